The molecule has 1 saturated heterocycles. The fourth-order valence-electron chi connectivity index (χ4n) is 5.01. The van der Waals surface area contributed by atoms with Crippen LogP contribution < -0.4 is 10.2 Å². The van der Waals surface area contributed by atoms with Gasteiger partial charge in [-0.3, -0.25) is 9.80 Å². The molecule has 3 aromatic carbocycles. The number of rotatable bonds is 3. The summed E-state index contributed by atoms with van der Waals surface area (Å²) in [5.74, 6) is -0.644. The number of halogens is 3. The lowest BCUT2D eigenvalue weighted by Crippen LogP contribution is -2.46. The number of carbonyl (C=O) groups is 1. The van der Waals surface area contributed by atoms with Crippen LogP contribution in [0, 0.1) is 11.6 Å². The van der Waals surface area contributed by atoms with E-state index in [1.54, 1.807) is 17.0 Å². The van der Waals surface area contributed by atoms with Gasteiger partial charge in [0.25, 0.3) is 0 Å². The van der Waals surface area contributed by atoms with E-state index in [0.29, 0.717) is 12.2 Å². The zero-order valence-electron chi connectivity index (χ0n) is 18.0. The molecule has 2 amide bonds. The van der Waals surface area contributed by atoms with E-state index in [1.807, 2.05) is 12.1 Å². The van der Waals surface area contributed by atoms with Gasteiger partial charge in [-0.05, 0) is 91.7 Å². The molecular formula is C26H24BrF2N3O. The summed E-state index contributed by atoms with van der Waals surface area (Å²) in [6.45, 7) is 3.11. The first-order chi connectivity index (χ1) is 15.9. The van der Waals surface area contributed by atoms with Crippen LogP contribution in [0.2, 0.25) is 0 Å². The van der Waals surface area contributed by atoms with Crippen molar-refractivity contribution in [3.8, 4) is 0 Å². The van der Waals surface area contributed by atoms with Gasteiger partial charge in [0, 0.05) is 34.4 Å². The van der Waals surface area contributed by atoms with Crippen molar-refractivity contribution in [2.24, 2.45) is 0 Å². The number of carbonyl (C=O) groups excluding carboxylic acids is 1. The number of piperidine rings is 1. The van der Waals surface area contributed by atoms with Crippen molar-refractivity contribution in [1.82, 2.24) is 4.90 Å². The fraction of sp³-hybridized carbons (Fsp3) is 0.269. The summed E-state index contributed by atoms with van der Waals surface area (Å²) >= 11 is 3.53. The molecule has 5 rings (SSSR count). The van der Waals surface area contributed by atoms with Crippen molar-refractivity contribution in [3.05, 3.63) is 94.0 Å². The number of nitrogens with zero attached hydrogens (tertiary/aromatic N) is 2. The summed E-state index contributed by atoms with van der Waals surface area (Å²) in [6.07, 6.45) is 1.69. The standard InChI is InChI=1S/C26H24BrF2N3O/c27-19-3-1-2-18(14-19)16-31-12-10-26(11-13-31)17-32(24-9-6-21(29)15-23(24)26)25(33)30-22-7-4-20(28)5-8-22/h1-9,14-15H,10-13,16-17H2,(H,30,33). The smallest absolute Gasteiger partial charge is 0.308 e. The molecular weight excluding hydrogens is 488 g/mol. The summed E-state index contributed by atoms with van der Waals surface area (Å²) < 4.78 is 28.5. The lowest BCUT2D eigenvalue weighted by Gasteiger charge is -2.40. The number of urea groups is 1. The third-order valence-corrected chi connectivity index (χ3v) is 7.22. The minimum Gasteiger partial charge on any atom is -0.308 e. The molecule has 0 aliphatic carbocycles. The summed E-state index contributed by atoms with van der Waals surface area (Å²) in [5, 5.41) is 2.85. The Morgan fingerprint density at radius 2 is 1.70 bits per heavy atom. The molecule has 2 aliphatic rings. The van der Waals surface area contributed by atoms with Crippen molar-refractivity contribution in [2.75, 3.05) is 29.9 Å². The van der Waals surface area contributed by atoms with Crippen LogP contribution in [0.4, 0.5) is 25.0 Å². The van der Waals surface area contributed by atoms with Gasteiger partial charge in [0.1, 0.15) is 11.6 Å². The number of hydrogen-bond acceptors (Lipinski definition) is 2. The molecule has 4 nitrogen and oxygen atoms in total. The van der Waals surface area contributed by atoms with E-state index in [4.69, 9.17) is 0 Å². The van der Waals surface area contributed by atoms with Gasteiger partial charge in [-0.15, -0.1) is 0 Å². The number of benzene rings is 3. The average molecular weight is 512 g/mol. The second-order valence-electron chi connectivity index (χ2n) is 8.87. The molecule has 0 atom stereocenters. The van der Waals surface area contributed by atoms with Crippen LogP contribution in [0.25, 0.3) is 0 Å². The maximum Gasteiger partial charge on any atom is 0.326 e. The third-order valence-electron chi connectivity index (χ3n) is 6.73. The maximum atomic E-state index is 14.2. The highest BCUT2D eigenvalue weighted by Gasteiger charge is 2.46. The van der Waals surface area contributed by atoms with E-state index in [1.165, 1.54) is 35.9 Å². The molecule has 1 fully saturated rings. The van der Waals surface area contributed by atoms with Gasteiger partial charge in [-0.1, -0.05) is 28.1 Å². The molecule has 0 bridgehead atoms. The van der Waals surface area contributed by atoms with Gasteiger partial charge in [0.05, 0.1) is 0 Å². The highest BCUT2D eigenvalue weighted by atomic mass is 79.9. The maximum absolute atomic E-state index is 14.2. The van der Waals surface area contributed by atoms with Gasteiger partial charge < -0.3 is 5.32 Å². The van der Waals surface area contributed by atoms with Crippen molar-refractivity contribution < 1.29 is 13.6 Å². The van der Waals surface area contributed by atoms with Crippen LogP contribution in [-0.4, -0.2) is 30.6 Å². The van der Waals surface area contributed by atoms with E-state index in [2.05, 4.69) is 38.3 Å². The second-order valence-corrected chi connectivity index (χ2v) is 9.79. The zero-order chi connectivity index (χ0) is 23.0. The van der Waals surface area contributed by atoms with Crippen molar-refractivity contribution in [1.29, 1.82) is 0 Å². The van der Waals surface area contributed by atoms with Gasteiger partial charge in [0.2, 0.25) is 0 Å². The first-order valence-corrected chi connectivity index (χ1v) is 11.8. The molecule has 2 heterocycles. The Bertz CT molecular complexity index is 1180. The zero-order valence-corrected chi connectivity index (χ0v) is 19.6. The summed E-state index contributed by atoms with van der Waals surface area (Å²) in [5.41, 5.74) is 3.15. The molecule has 170 valence electrons. The summed E-state index contributed by atoms with van der Waals surface area (Å²) in [7, 11) is 0. The summed E-state index contributed by atoms with van der Waals surface area (Å²) in [4.78, 5) is 17.2. The van der Waals surface area contributed by atoms with E-state index in [-0.39, 0.29) is 23.1 Å². The predicted octanol–water partition coefficient (Wildman–Crippen LogP) is 6.31. The lowest BCUT2D eigenvalue weighted by atomic mass is 9.74. The van der Waals surface area contributed by atoms with Crippen molar-refractivity contribution in [3.63, 3.8) is 0 Å². The molecule has 33 heavy (non-hydrogen) atoms. The molecule has 3 aromatic rings. The Balaban J connectivity index is 1.34. The quantitative estimate of drug-likeness (QED) is 0.446. The Hall–Kier alpha value is -2.77. The van der Waals surface area contributed by atoms with Gasteiger partial charge in [0.15, 0.2) is 0 Å². The molecule has 7 heteroatoms. The Kier molecular flexibility index (Phi) is 5.93. The average Bonchev–Trinajstić information content (AvgIpc) is 3.10. The van der Waals surface area contributed by atoms with E-state index in [9.17, 15) is 13.6 Å². The van der Waals surface area contributed by atoms with Crippen LogP contribution in [0.3, 0.4) is 0 Å². The monoisotopic (exact) mass is 511 g/mol. The Morgan fingerprint density at radius 1 is 0.970 bits per heavy atom. The number of anilines is 2. The normalized spacial score (nSPS) is 17.2. The first kappa shape index (κ1) is 22.0. The van der Waals surface area contributed by atoms with E-state index in [0.717, 1.165) is 48.2 Å². The highest BCUT2D eigenvalue weighted by molar-refractivity contribution is 9.10. The van der Waals surface area contributed by atoms with Crippen molar-refractivity contribution in [2.45, 2.75) is 24.8 Å². The van der Waals surface area contributed by atoms with Gasteiger partial charge in [-0.25, -0.2) is 13.6 Å². The van der Waals surface area contributed by atoms with Gasteiger partial charge in [-0.2, -0.15) is 0 Å². The number of hydrogen-bond donors (Lipinski definition) is 1. The second kappa shape index (κ2) is 8.88. The molecule has 2 aliphatic heterocycles. The van der Waals surface area contributed by atoms with Gasteiger partial charge >= 0.3 is 6.03 Å². The number of nitrogens with one attached hydrogen (secondary N) is 1. The fourth-order valence-corrected chi connectivity index (χ4v) is 5.45. The Labute approximate surface area is 200 Å². The van der Waals surface area contributed by atoms with Crippen LogP contribution >= 0.6 is 15.9 Å². The topological polar surface area (TPSA) is 35.6 Å². The molecule has 1 spiro atoms. The highest BCUT2D eigenvalue weighted by Crippen LogP contribution is 2.47. The SMILES string of the molecule is O=C(Nc1ccc(F)cc1)N1CC2(CCN(Cc3cccc(Br)c3)CC2)c2cc(F)ccc21. The predicted molar refractivity (Wildman–Crippen MR) is 129 cm³/mol. The van der Waals surface area contributed by atoms with Crippen molar-refractivity contribution >= 4 is 33.3 Å². The number of fused-ring (bicyclic) bond motifs is 2. The van der Waals surface area contributed by atoms with Crippen LogP contribution in [-0.2, 0) is 12.0 Å². The molecule has 0 aromatic heterocycles. The molecule has 0 radical (unpaired) electrons. The van der Waals surface area contributed by atoms with E-state index >= 15 is 0 Å². The van der Waals surface area contributed by atoms with E-state index < -0.39 is 0 Å². The molecule has 1 N–H and O–H groups in total. The minimum absolute atomic E-state index is 0.272. The first-order valence-electron chi connectivity index (χ1n) is 11.0. The number of amides is 2. The van der Waals surface area contributed by atoms with Crippen LogP contribution in [0.15, 0.2) is 71.2 Å². The summed E-state index contributed by atoms with van der Waals surface area (Å²) in [6, 6.07) is 18.4. The molecule has 0 unspecified atom stereocenters. The Morgan fingerprint density at radius 3 is 2.42 bits per heavy atom. The largest absolute Gasteiger partial charge is 0.326 e. The number of likely N-dealkylation sites (tertiary alicyclic amines) is 1. The third kappa shape index (κ3) is 4.52. The lowest BCUT2D eigenvalue weighted by molar-refractivity contribution is 0.160. The molecule has 0 saturated carbocycles. The van der Waals surface area contributed by atoms with Crippen LogP contribution in [0.1, 0.15) is 24.0 Å². The van der Waals surface area contributed by atoms with Crippen LogP contribution in [0.5, 0.6) is 0 Å². The minimum atomic E-state index is -0.358.